The summed E-state index contributed by atoms with van der Waals surface area (Å²) in [6.45, 7) is 0.0742. The molecule has 0 radical (unpaired) electrons. The number of rotatable bonds is 3. The van der Waals surface area contributed by atoms with E-state index in [1.54, 1.807) is 0 Å². The van der Waals surface area contributed by atoms with E-state index in [4.69, 9.17) is 4.74 Å². The van der Waals surface area contributed by atoms with E-state index in [0.29, 0.717) is 0 Å². The summed E-state index contributed by atoms with van der Waals surface area (Å²) in [7, 11) is 3.60. The van der Waals surface area contributed by atoms with Gasteiger partial charge in [0.25, 0.3) is 0 Å². The van der Waals surface area contributed by atoms with Crippen molar-refractivity contribution in [2.45, 2.75) is 12.8 Å². The van der Waals surface area contributed by atoms with Crippen LogP contribution in [-0.4, -0.2) is 24.2 Å². The smallest absolute Gasteiger partial charge is 0.250 e. The Morgan fingerprint density at radius 3 is 2.95 bits per heavy atom. The Hall–Kier alpha value is -2.07. The Bertz CT molecular complexity index is 787. The van der Waals surface area contributed by atoms with Gasteiger partial charge < -0.3 is 14.6 Å². The molecule has 0 spiro atoms. The predicted octanol–water partition coefficient (Wildman–Crippen LogP) is 1.12. The second-order valence-corrected chi connectivity index (χ2v) is 5.06. The maximum absolute atomic E-state index is 11.6. The van der Waals surface area contributed by atoms with Crippen LogP contribution in [0.15, 0.2) is 18.2 Å². The van der Waals surface area contributed by atoms with Crippen LogP contribution in [0.5, 0.6) is 0 Å². The van der Waals surface area contributed by atoms with Crippen LogP contribution >= 0.6 is 0 Å². The summed E-state index contributed by atoms with van der Waals surface area (Å²) in [5.41, 5.74) is 2.00. The monoisotopic (exact) mass is 270 g/mol. The highest BCUT2D eigenvalue weighted by Crippen LogP contribution is 2.16. The minimum atomic E-state index is -0.132. The number of ether oxygens (including phenoxy) is 1. The van der Waals surface area contributed by atoms with Gasteiger partial charge in [-0.2, -0.15) is 0 Å². The highest BCUT2D eigenvalue weighted by molar-refractivity contribution is 5.95. The van der Waals surface area contributed by atoms with E-state index in [0.717, 1.165) is 18.5 Å². The fourth-order valence-corrected chi connectivity index (χ4v) is 2.81. The minimum absolute atomic E-state index is 0.0742. The molecule has 3 rings (SSSR count). The Balaban J connectivity index is 2.10. The fourth-order valence-electron chi connectivity index (χ4n) is 2.81. The van der Waals surface area contributed by atoms with Gasteiger partial charge in [-0.1, -0.05) is 12.2 Å². The number of nitrogens with zero attached hydrogens (tertiary/aromatic N) is 1. The number of carbonyl (C=O) groups is 1. The number of fused-ring (bicyclic) bond motifs is 3. The van der Waals surface area contributed by atoms with Gasteiger partial charge >= 0.3 is 0 Å². The molecule has 104 valence electrons. The lowest BCUT2D eigenvalue weighted by atomic mass is 10.1. The van der Waals surface area contributed by atoms with Crippen molar-refractivity contribution in [3.63, 3.8) is 0 Å². The van der Waals surface area contributed by atoms with Crippen LogP contribution in [0.2, 0.25) is 0 Å². The number of aryl methyl sites for hydroxylation is 1. The third-order valence-electron chi connectivity index (χ3n) is 3.70. The molecule has 2 aromatic rings. The lowest BCUT2D eigenvalue weighted by Crippen LogP contribution is -2.29. The van der Waals surface area contributed by atoms with E-state index in [1.807, 2.05) is 12.1 Å². The Morgan fingerprint density at radius 1 is 1.35 bits per heavy atom. The number of hydrogen-bond acceptors (Lipinski definition) is 2. The van der Waals surface area contributed by atoms with Crippen LogP contribution in [0.25, 0.3) is 23.1 Å². The number of anilines is 1. The molecule has 0 fully saturated rings. The van der Waals surface area contributed by atoms with Gasteiger partial charge in [0.2, 0.25) is 5.91 Å². The third-order valence-corrected chi connectivity index (χ3v) is 3.70. The average Bonchev–Trinajstić information content (AvgIpc) is 2.73. The van der Waals surface area contributed by atoms with Crippen molar-refractivity contribution in [1.29, 1.82) is 0 Å². The van der Waals surface area contributed by atoms with Crippen molar-refractivity contribution >= 4 is 34.6 Å². The van der Waals surface area contributed by atoms with Crippen LogP contribution in [0.1, 0.15) is 12.8 Å². The number of nitrogens with one attached hydrogen (secondary N) is 1. The van der Waals surface area contributed by atoms with Gasteiger partial charge in [0.1, 0.15) is 6.61 Å². The molecular weight excluding hydrogens is 252 g/mol. The van der Waals surface area contributed by atoms with E-state index < -0.39 is 0 Å². The normalized spacial score (nSPS) is 13.5. The van der Waals surface area contributed by atoms with Crippen molar-refractivity contribution in [1.82, 2.24) is 4.57 Å². The molecule has 0 unspecified atom stereocenters. The zero-order chi connectivity index (χ0) is 14.1. The van der Waals surface area contributed by atoms with E-state index in [9.17, 15) is 4.79 Å². The zero-order valence-corrected chi connectivity index (χ0v) is 11.8. The van der Waals surface area contributed by atoms with Gasteiger partial charge in [0.05, 0.1) is 0 Å². The fraction of sp³-hybridized carbons (Fsp3) is 0.312. The molecule has 1 N–H and O–H groups in total. The highest BCUT2D eigenvalue weighted by atomic mass is 16.5. The van der Waals surface area contributed by atoms with Gasteiger partial charge in [-0.25, -0.2) is 0 Å². The molecule has 0 saturated heterocycles. The standard InChI is InChI=1S/C16H18N2O2/c1-18-14-6-4-3-5-12(14)13-9-11(7-8-15(13)18)17-16(19)10-20-2/h5-9H,3-4,10H2,1-2H3,(H,17,19). The first-order valence-electron chi connectivity index (χ1n) is 6.78. The van der Waals surface area contributed by atoms with Gasteiger partial charge in [0.15, 0.2) is 0 Å². The summed E-state index contributed by atoms with van der Waals surface area (Å²) in [6, 6.07) is 6.02. The summed E-state index contributed by atoms with van der Waals surface area (Å²) in [5.74, 6) is -0.132. The van der Waals surface area contributed by atoms with E-state index >= 15 is 0 Å². The molecule has 1 amide bonds. The van der Waals surface area contributed by atoms with Crippen LogP contribution in [0.3, 0.4) is 0 Å². The molecule has 0 saturated carbocycles. The van der Waals surface area contributed by atoms with E-state index in [1.165, 1.54) is 28.6 Å². The van der Waals surface area contributed by atoms with Gasteiger partial charge in [-0.3, -0.25) is 4.79 Å². The second-order valence-electron chi connectivity index (χ2n) is 5.06. The summed E-state index contributed by atoms with van der Waals surface area (Å²) < 4.78 is 7.04. The summed E-state index contributed by atoms with van der Waals surface area (Å²) in [6.07, 6.45) is 6.72. The molecule has 0 bridgehead atoms. The molecule has 4 heteroatoms. The van der Waals surface area contributed by atoms with Crippen molar-refractivity contribution in [3.05, 3.63) is 28.8 Å². The first-order chi connectivity index (χ1) is 9.70. The zero-order valence-electron chi connectivity index (χ0n) is 11.8. The number of methoxy groups -OCH3 is 1. The molecule has 0 atom stereocenters. The predicted molar refractivity (Wildman–Crippen MR) is 80.8 cm³/mol. The van der Waals surface area contributed by atoms with Crippen LogP contribution in [-0.2, 0) is 16.6 Å². The van der Waals surface area contributed by atoms with Crippen LogP contribution < -0.4 is 15.9 Å². The lowest BCUT2D eigenvalue weighted by Gasteiger charge is -2.05. The number of carbonyl (C=O) groups excluding carboxylic acids is 1. The first kappa shape index (κ1) is 12.9. The molecule has 4 nitrogen and oxygen atoms in total. The van der Waals surface area contributed by atoms with Crippen LogP contribution in [0, 0.1) is 0 Å². The number of benzene rings is 1. The van der Waals surface area contributed by atoms with E-state index in [2.05, 4.69) is 35.1 Å². The molecule has 1 heterocycles. The van der Waals surface area contributed by atoms with Gasteiger partial charge in [-0.05, 0) is 31.0 Å². The molecule has 1 aromatic carbocycles. The molecular formula is C16H18N2O2. The Morgan fingerprint density at radius 2 is 2.15 bits per heavy atom. The highest BCUT2D eigenvalue weighted by Gasteiger charge is 2.09. The number of hydrogen-bond donors (Lipinski definition) is 1. The topological polar surface area (TPSA) is 43.3 Å². The lowest BCUT2D eigenvalue weighted by molar-refractivity contribution is -0.119. The number of amides is 1. The molecule has 20 heavy (non-hydrogen) atoms. The summed E-state index contributed by atoms with van der Waals surface area (Å²) in [5, 5.41) is 6.59. The molecule has 1 aromatic heterocycles. The molecule has 1 aliphatic carbocycles. The van der Waals surface area contributed by atoms with Crippen molar-refractivity contribution in [2.75, 3.05) is 19.0 Å². The van der Waals surface area contributed by atoms with Crippen molar-refractivity contribution in [3.8, 4) is 0 Å². The summed E-state index contributed by atoms with van der Waals surface area (Å²) in [4.78, 5) is 11.6. The summed E-state index contributed by atoms with van der Waals surface area (Å²) >= 11 is 0. The average molecular weight is 270 g/mol. The third kappa shape index (κ3) is 2.12. The first-order valence-corrected chi connectivity index (χ1v) is 6.78. The Labute approximate surface area is 117 Å². The minimum Gasteiger partial charge on any atom is -0.375 e. The second kappa shape index (κ2) is 5.13. The quantitative estimate of drug-likeness (QED) is 0.908. The Kier molecular flexibility index (Phi) is 3.32. The van der Waals surface area contributed by atoms with Gasteiger partial charge in [0, 0.05) is 41.3 Å². The van der Waals surface area contributed by atoms with Crippen molar-refractivity contribution < 1.29 is 9.53 Å². The largest absolute Gasteiger partial charge is 0.375 e. The van der Waals surface area contributed by atoms with E-state index in [-0.39, 0.29) is 12.5 Å². The maximum Gasteiger partial charge on any atom is 0.250 e. The van der Waals surface area contributed by atoms with Crippen LogP contribution in [0.4, 0.5) is 5.69 Å². The van der Waals surface area contributed by atoms with Gasteiger partial charge in [-0.15, -0.1) is 0 Å². The SMILES string of the molecule is COCC(=O)Nc1ccc2c(c1)c1c(n2C)=CCCC=1. The van der Waals surface area contributed by atoms with Crippen molar-refractivity contribution in [2.24, 2.45) is 7.05 Å². The maximum atomic E-state index is 11.6. The molecule has 0 aliphatic heterocycles. The number of aromatic nitrogens is 1. The molecule has 1 aliphatic rings.